The molecule has 1 N–H and O–H groups in total. The molecule has 110 valence electrons. The fourth-order valence-electron chi connectivity index (χ4n) is 3.00. The molecule has 1 heterocycles. The van der Waals surface area contributed by atoms with E-state index in [4.69, 9.17) is 0 Å². The van der Waals surface area contributed by atoms with Crippen LogP contribution in [0.1, 0.15) is 29.2 Å². The van der Waals surface area contributed by atoms with Crippen LogP contribution in [0.5, 0.6) is 0 Å². The van der Waals surface area contributed by atoms with Gasteiger partial charge in [-0.1, -0.05) is 47.1 Å². The van der Waals surface area contributed by atoms with E-state index in [-0.39, 0.29) is 6.04 Å². The largest absolute Gasteiger partial charge is 0.346 e. The first-order valence-corrected chi connectivity index (χ1v) is 7.51. The summed E-state index contributed by atoms with van der Waals surface area (Å²) in [4.78, 5) is 0. The Hall–Kier alpha value is -2.69. The second-order valence-electron chi connectivity index (χ2n) is 5.68. The lowest BCUT2D eigenvalue weighted by Gasteiger charge is -2.14. The standard InChI is InChI=1S/C17H17N5/c1-12-6-9-14(10-7-12)22-17(19-20-21-22)18-16-11-8-13-4-2-3-5-15(13)16/h2-7,9-10,16H,8,11H2,1H3,(H,18,19,21). The topological polar surface area (TPSA) is 55.6 Å². The number of aryl methyl sites for hydroxylation is 2. The smallest absolute Gasteiger partial charge is 0.248 e. The molecule has 2 aromatic carbocycles. The van der Waals surface area contributed by atoms with Crippen LogP contribution in [0.25, 0.3) is 5.69 Å². The maximum absolute atomic E-state index is 4.14. The molecule has 5 nitrogen and oxygen atoms in total. The number of aromatic nitrogens is 4. The number of nitrogens with zero attached hydrogens (tertiary/aromatic N) is 4. The molecule has 0 spiro atoms. The summed E-state index contributed by atoms with van der Waals surface area (Å²) in [6, 6.07) is 17.0. The van der Waals surface area contributed by atoms with Gasteiger partial charge in [0, 0.05) is 0 Å². The Morgan fingerprint density at radius 1 is 1.09 bits per heavy atom. The third-order valence-corrected chi connectivity index (χ3v) is 4.18. The first-order chi connectivity index (χ1) is 10.8. The third kappa shape index (κ3) is 2.24. The molecule has 0 saturated heterocycles. The van der Waals surface area contributed by atoms with Crippen LogP contribution in [0.3, 0.4) is 0 Å². The molecule has 0 saturated carbocycles. The van der Waals surface area contributed by atoms with Crippen LogP contribution < -0.4 is 5.32 Å². The van der Waals surface area contributed by atoms with E-state index in [9.17, 15) is 0 Å². The molecular weight excluding hydrogens is 274 g/mol. The third-order valence-electron chi connectivity index (χ3n) is 4.18. The summed E-state index contributed by atoms with van der Waals surface area (Å²) in [6.45, 7) is 2.07. The average molecular weight is 291 g/mol. The maximum atomic E-state index is 4.14. The minimum atomic E-state index is 0.270. The number of anilines is 1. The fraction of sp³-hybridized carbons (Fsp3) is 0.235. The molecule has 1 aliphatic carbocycles. The molecule has 1 atom stereocenters. The summed E-state index contributed by atoms with van der Waals surface area (Å²) in [5, 5.41) is 15.6. The molecule has 1 aliphatic rings. The summed E-state index contributed by atoms with van der Waals surface area (Å²) < 4.78 is 1.75. The molecule has 0 amide bonds. The van der Waals surface area contributed by atoms with Crippen molar-refractivity contribution in [2.75, 3.05) is 5.32 Å². The lowest BCUT2D eigenvalue weighted by molar-refractivity contribution is 0.737. The zero-order chi connectivity index (χ0) is 14.9. The van der Waals surface area contributed by atoms with Crippen molar-refractivity contribution in [2.45, 2.75) is 25.8 Å². The number of tetrazole rings is 1. The van der Waals surface area contributed by atoms with Crippen molar-refractivity contribution in [1.82, 2.24) is 20.2 Å². The van der Waals surface area contributed by atoms with Crippen LogP contribution in [-0.4, -0.2) is 20.2 Å². The highest BCUT2D eigenvalue weighted by atomic mass is 15.6. The number of hydrogen-bond acceptors (Lipinski definition) is 4. The van der Waals surface area contributed by atoms with Crippen LogP contribution in [0, 0.1) is 6.92 Å². The van der Waals surface area contributed by atoms with Gasteiger partial charge in [0.25, 0.3) is 0 Å². The van der Waals surface area contributed by atoms with Gasteiger partial charge in [-0.05, 0) is 53.5 Å². The van der Waals surface area contributed by atoms with Crippen molar-refractivity contribution < 1.29 is 0 Å². The molecule has 1 aromatic heterocycles. The zero-order valence-electron chi connectivity index (χ0n) is 12.4. The van der Waals surface area contributed by atoms with Crippen molar-refractivity contribution in [2.24, 2.45) is 0 Å². The Labute approximate surface area is 129 Å². The van der Waals surface area contributed by atoms with Gasteiger partial charge < -0.3 is 5.32 Å². The minimum Gasteiger partial charge on any atom is -0.346 e. The van der Waals surface area contributed by atoms with Gasteiger partial charge >= 0.3 is 0 Å². The molecular formula is C17H17N5. The number of fused-ring (bicyclic) bond motifs is 1. The van der Waals surface area contributed by atoms with Crippen LogP contribution in [0.15, 0.2) is 48.5 Å². The Bertz CT molecular complexity index is 791. The van der Waals surface area contributed by atoms with E-state index in [1.165, 1.54) is 16.7 Å². The first-order valence-electron chi connectivity index (χ1n) is 7.51. The SMILES string of the molecule is Cc1ccc(-n2nnnc2NC2CCc3ccccc32)cc1. The Morgan fingerprint density at radius 2 is 1.91 bits per heavy atom. The number of benzene rings is 2. The second kappa shape index (κ2) is 5.26. The molecule has 1 unspecified atom stereocenters. The first kappa shape index (κ1) is 13.0. The highest BCUT2D eigenvalue weighted by Crippen LogP contribution is 2.33. The van der Waals surface area contributed by atoms with Gasteiger partial charge in [0.15, 0.2) is 0 Å². The van der Waals surface area contributed by atoms with Crippen molar-refractivity contribution in [3.63, 3.8) is 0 Å². The number of rotatable bonds is 3. The molecule has 0 radical (unpaired) electrons. The van der Waals surface area contributed by atoms with Gasteiger partial charge in [-0.3, -0.25) is 0 Å². The molecule has 0 aliphatic heterocycles. The van der Waals surface area contributed by atoms with Crippen molar-refractivity contribution >= 4 is 5.95 Å². The van der Waals surface area contributed by atoms with Crippen molar-refractivity contribution in [3.05, 3.63) is 65.2 Å². The van der Waals surface area contributed by atoms with Gasteiger partial charge in [0.1, 0.15) is 0 Å². The van der Waals surface area contributed by atoms with Gasteiger partial charge in [-0.15, -0.1) is 0 Å². The Balaban J connectivity index is 1.63. The van der Waals surface area contributed by atoms with Crippen LogP contribution in [0.2, 0.25) is 0 Å². The molecule has 5 heteroatoms. The molecule has 0 fully saturated rings. The maximum Gasteiger partial charge on any atom is 0.248 e. The summed E-state index contributed by atoms with van der Waals surface area (Å²) in [5.41, 5.74) is 4.94. The summed E-state index contributed by atoms with van der Waals surface area (Å²) in [5.74, 6) is 0.686. The van der Waals surface area contributed by atoms with E-state index in [0.717, 1.165) is 18.5 Å². The zero-order valence-corrected chi connectivity index (χ0v) is 12.4. The fourth-order valence-corrected chi connectivity index (χ4v) is 3.00. The molecule has 0 bridgehead atoms. The highest BCUT2D eigenvalue weighted by molar-refractivity contribution is 5.44. The number of nitrogens with one attached hydrogen (secondary N) is 1. The molecule has 22 heavy (non-hydrogen) atoms. The average Bonchev–Trinajstić information content (AvgIpc) is 3.16. The van der Waals surface area contributed by atoms with Crippen molar-refractivity contribution in [1.29, 1.82) is 0 Å². The predicted molar refractivity (Wildman–Crippen MR) is 85.0 cm³/mol. The Morgan fingerprint density at radius 3 is 2.77 bits per heavy atom. The van der Waals surface area contributed by atoms with E-state index in [2.05, 4.69) is 64.2 Å². The van der Waals surface area contributed by atoms with Gasteiger partial charge in [0.05, 0.1) is 11.7 Å². The monoisotopic (exact) mass is 291 g/mol. The molecule has 4 rings (SSSR count). The summed E-state index contributed by atoms with van der Waals surface area (Å²) >= 11 is 0. The Kier molecular flexibility index (Phi) is 3.11. The van der Waals surface area contributed by atoms with Gasteiger partial charge in [0.2, 0.25) is 5.95 Å². The van der Waals surface area contributed by atoms with Gasteiger partial charge in [-0.2, -0.15) is 4.68 Å². The van der Waals surface area contributed by atoms with Crippen LogP contribution >= 0.6 is 0 Å². The summed E-state index contributed by atoms with van der Waals surface area (Å²) in [6.07, 6.45) is 2.17. The van der Waals surface area contributed by atoms with Gasteiger partial charge in [-0.25, -0.2) is 0 Å². The van der Waals surface area contributed by atoms with Crippen molar-refractivity contribution in [3.8, 4) is 5.69 Å². The lowest BCUT2D eigenvalue weighted by atomic mass is 10.1. The quantitative estimate of drug-likeness (QED) is 0.805. The normalized spacial score (nSPS) is 16.5. The second-order valence-corrected chi connectivity index (χ2v) is 5.68. The lowest BCUT2D eigenvalue weighted by Crippen LogP contribution is -2.12. The van der Waals surface area contributed by atoms with E-state index < -0.39 is 0 Å². The summed E-state index contributed by atoms with van der Waals surface area (Å²) in [7, 11) is 0. The minimum absolute atomic E-state index is 0.270. The predicted octanol–water partition coefficient (Wildman–Crippen LogP) is 3.07. The van der Waals surface area contributed by atoms with E-state index in [1.54, 1.807) is 4.68 Å². The highest BCUT2D eigenvalue weighted by Gasteiger charge is 2.23. The number of hydrogen-bond donors (Lipinski definition) is 1. The van der Waals surface area contributed by atoms with E-state index >= 15 is 0 Å². The van der Waals surface area contributed by atoms with Crippen LogP contribution in [0.4, 0.5) is 5.95 Å². The van der Waals surface area contributed by atoms with E-state index in [0.29, 0.717) is 5.95 Å². The van der Waals surface area contributed by atoms with E-state index in [1.807, 2.05) is 12.1 Å². The molecule has 3 aromatic rings. The van der Waals surface area contributed by atoms with Crippen LogP contribution in [-0.2, 0) is 6.42 Å².